The summed E-state index contributed by atoms with van der Waals surface area (Å²) in [5.74, 6) is -2.24. The maximum atomic E-state index is 13.6. The molecule has 0 saturated carbocycles. The van der Waals surface area contributed by atoms with E-state index in [0.717, 1.165) is 0 Å². The van der Waals surface area contributed by atoms with Crippen molar-refractivity contribution in [2.75, 3.05) is 4.90 Å². The van der Waals surface area contributed by atoms with E-state index < -0.39 is 23.5 Å². The molecule has 5 rings (SSSR count). The lowest BCUT2D eigenvalue weighted by atomic mass is 9.94. The van der Waals surface area contributed by atoms with Gasteiger partial charge in [-0.3, -0.25) is 14.5 Å². The molecule has 0 radical (unpaired) electrons. The van der Waals surface area contributed by atoms with Crippen molar-refractivity contribution in [3.05, 3.63) is 104 Å². The zero-order valence-corrected chi connectivity index (χ0v) is 19.4. The third kappa shape index (κ3) is 3.70. The monoisotopic (exact) mass is 513 g/mol. The molecule has 170 valence electrons. The SMILES string of the molecule is O=C(C1=C(O)C(=O)N(c2ccc(Cl)c(Cl)c2)C1c1ccc(O)cc1)c1cc2cc(Cl)ccc2o1. The Balaban J connectivity index is 1.66. The number of amides is 1. The Morgan fingerprint density at radius 2 is 1.62 bits per heavy atom. The zero-order valence-electron chi connectivity index (χ0n) is 17.1. The number of hydrogen-bond acceptors (Lipinski definition) is 5. The van der Waals surface area contributed by atoms with Crippen molar-refractivity contribution in [3.63, 3.8) is 0 Å². The Kier molecular flexibility index (Phi) is 5.52. The molecule has 0 spiro atoms. The minimum Gasteiger partial charge on any atom is -0.508 e. The number of phenolic OH excluding ortho intramolecular Hbond substituents is 1. The number of nitrogens with zero attached hydrogens (tertiary/aromatic N) is 1. The lowest BCUT2D eigenvalue weighted by Gasteiger charge is -2.27. The van der Waals surface area contributed by atoms with Gasteiger partial charge in [-0.25, -0.2) is 0 Å². The molecule has 1 amide bonds. The number of ketones is 1. The molecule has 1 aromatic heterocycles. The van der Waals surface area contributed by atoms with Crippen LogP contribution in [0.15, 0.2) is 82.5 Å². The number of rotatable bonds is 4. The largest absolute Gasteiger partial charge is 0.508 e. The smallest absolute Gasteiger partial charge is 0.294 e. The highest BCUT2D eigenvalue weighted by atomic mass is 35.5. The summed E-state index contributed by atoms with van der Waals surface area (Å²) < 4.78 is 5.70. The maximum Gasteiger partial charge on any atom is 0.294 e. The molecule has 1 unspecified atom stereocenters. The number of aromatic hydroxyl groups is 1. The molecule has 0 bridgehead atoms. The molecule has 3 aromatic carbocycles. The highest BCUT2D eigenvalue weighted by Crippen LogP contribution is 2.43. The van der Waals surface area contributed by atoms with Crippen LogP contribution in [-0.4, -0.2) is 21.9 Å². The van der Waals surface area contributed by atoms with E-state index in [4.69, 9.17) is 39.2 Å². The molecule has 1 aliphatic rings. The number of hydrogen-bond donors (Lipinski definition) is 2. The summed E-state index contributed by atoms with van der Waals surface area (Å²) >= 11 is 18.2. The average Bonchev–Trinajstić information content (AvgIpc) is 3.34. The van der Waals surface area contributed by atoms with Gasteiger partial charge in [0.2, 0.25) is 5.78 Å². The van der Waals surface area contributed by atoms with E-state index >= 15 is 0 Å². The Labute approximate surface area is 208 Å². The first-order chi connectivity index (χ1) is 16.2. The van der Waals surface area contributed by atoms with E-state index in [-0.39, 0.29) is 27.1 Å². The van der Waals surface area contributed by atoms with Crippen LogP contribution in [0.5, 0.6) is 5.75 Å². The summed E-state index contributed by atoms with van der Waals surface area (Å²) in [6.07, 6.45) is 0. The van der Waals surface area contributed by atoms with Crippen LogP contribution in [0, 0.1) is 0 Å². The highest BCUT2D eigenvalue weighted by molar-refractivity contribution is 6.42. The van der Waals surface area contributed by atoms with Crippen LogP contribution in [-0.2, 0) is 4.79 Å². The molecular formula is C25H14Cl3NO5. The van der Waals surface area contributed by atoms with Crippen molar-refractivity contribution in [2.24, 2.45) is 0 Å². The van der Waals surface area contributed by atoms with Crippen molar-refractivity contribution in [2.45, 2.75) is 6.04 Å². The summed E-state index contributed by atoms with van der Waals surface area (Å²) in [6.45, 7) is 0. The van der Waals surface area contributed by atoms with E-state index in [1.807, 2.05) is 0 Å². The van der Waals surface area contributed by atoms with E-state index in [9.17, 15) is 19.8 Å². The molecule has 34 heavy (non-hydrogen) atoms. The van der Waals surface area contributed by atoms with Crippen molar-refractivity contribution < 1.29 is 24.2 Å². The normalized spacial score (nSPS) is 16.0. The fraction of sp³-hybridized carbons (Fsp3) is 0.0400. The van der Waals surface area contributed by atoms with Crippen LogP contribution in [0.2, 0.25) is 15.1 Å². The predicted molar refractivity (Wildman–Crippen MR) is 130 cm³/mol. The lowest BCUT2D eigenvalue weighted by Crippen LogP contribution is -2.31. The molecule has 1 aliphatic heterocycles. The van der Waals surface area contributed by atoms with E-state index in [1.165, 1.54) is 35.2 Å². The van der Waals surface area contributed by atoms with Gasteiger partial charge in [0.15, 0.2) is 11.5 Å². The molecule has 0 saturated heterocycles. The summed E-state index contributed by atoms with van der Waals surface area (Å²) in [6, 6.07) is 15.9. The minimum atomic E-state index is -1.02. The van der Waals surface area contributed by atoms with Crippen LogP contribution < -0.4 is 4.90 Å². The van der Waals surface area contributed by atoms with Crippen LogP contribution in [0.1, 0.15) is 22.2 Å². The van der Waals surface area contributed by atoms with Crippen molar-refractivity contribution in [3.8, 4) is 5.75 Å². The molecule has 1 atom stereocenters. The number of furan rings is 1. The second kappa shape index (κ2) is 8.40. The number of halogens is 3. The van der Waals surface area contributed by atoms with Gasteiger partial charge in [0.05, 0.1) is 21.7 Å². The summed E-state index contributed by atoms with van der Waals surface area (Å²) in [4.78, 5) is 28.0. The third-order valence-corrected chi connectivity index (χ3v) is 6.52. The van der Waals surface area contributed by atoms with Crippen molar-refractivity contribution >= 4 is 63.1 Å². The fourth-order valence-electron chi connectivity index (χ4n) is 3.97. The van der Waals surface area contributed by atoms with Gasteiger partial charge in [0.25, 0.3) is 5.91 Å². The number of carbonyl (C=O) groups excluding carboxylic acids is 2. The number of fused-ring (bicyclic) bond motifs is 1. The molecular weight excluding hydrogens is 501 g/mol. The molecule has 2 N–H and O–H groups in total. The number of anilines is 1. The molecule has 6 nitrogen and oxygen atoms in total. The third-order valence-electron chi connectivity index (χ3n) is 5.55. The summed E-state index contributed by atoms with van der Waals surface area (Å²) in [7, 11) is 0. The van der Waals surface area contributed by atoms with Gasteiger partial charge in [0, 0.05) is 16.1 Å². The molecule has 9 heteroatoms. The second-order valence-electron chi connectivity index (χ2n) is 7.65. The Morgan fingerprint density at radius 3 is 2.32 bits per heavy atom. The van der Waals surface area contributed by atoms with Crippen LogP contribution >= 0.6 is 34.8 Å². The van der Waals surface area contributed by atoms with Crippen molar-refractivity contribution in [1.29, 1.82) is 0 Å². The summed E-state index contributed by atoms with van der Waals surface area (Å²) in [5, 5.41) is 22.1. The van der Waals surface area contributed by atoms with Gasteiger partial charge in [-0.1, -0.05) is 46.9 Å². The second-order valence-corrected chi connectivity index (χ2v) is 8.90. The topological polar surface area (TPSA) is 91.0 Å². The molecule has 0 aliphatic carbocycles. The lowest BCUT2D eigenvalue weighted by molar-refractivity contribution is -0.117. The van der Waals surface area contributed by atoms with Gasteiger partial charge in [-0.15, -0.1) is 0 Å². The number of phenols is 1. The molecule has 4 aromatic rings. The van der Waals surface area contributed by atoms with Gasteiger partial charge in [0.1, 0.15) is 11.3 Å². The van der Waals surface area contributed by atoms with Gasteiger partial charge < -0.3 is 14.6 Å². The van der Waals surface area contributed by atoms with Gasteiger partial charge in [-0.2, -0.15) is 0 Å². The first-order valence-corrected chi connectivity index (χ1v) is 11.1. The number of aliphatic hydroxyl groups excluding tert-OH is 1. The average molecular weight is 515 g/mol. The minimum absolute atomic E-state index is 0.00408. The number of aliphatic hydroxyl groups is 1. The van der Waals surface area contributed by atoms with Crippen LogP contribution in [0.3, 0.4) is 0 Å². The number of benzene rings is 3. The molecule has 2 heterocycles. The van der Waals surface area contributed by atoms with E-state index in [1.54, 1.807) is 36.4 Å². The Hall–Kier alpha value is -3.45. The highest BCUT2D eigenvalue weighted by Gasteiger charge is 2.45. The van der Waals surface area contributed by atoms with Crippen molar-refractivity contribution in [1.82, 2.24) is 0 Å². The quantitative estimate of drug-likeness (QED) is 0.290. The zero-order chi connectivity index (χ0) is 24.1. The Bertz CT molecular complexity index is 1510. The standard InChI is InChI=1S/C25H14Cl3NO5/c26-14-3-8-19-13(9-14)10-20(34-19)23(31)21-22(12-1-5-16(30)6-2-12)29(25(33)24(21)32)15-4-7-17(27)18(28)11-15/h1-11,22,30,32H. The van der Waals surface area contributed by atoms with Crippen LogP contribution in [0.25, 0.3) is 11.0 Å². The Morgan fingerprint density at radius 1 is 0.882 bits per heavy atom. The maximum absolute atomic E-state index is 13.6. The fourth-order valence-corrected chi connectivity index (χ4v) is 4.44. The van der Waals surface area contributed by atoms with Gasteiger partial charge in [-0.05, 0) is 60.2 Å². The number of Topliss-reactive ketones (excluding diaryl/α,β-unsaturated/α-hetero) is 1. The molecule has 0 fully saturated rings. The van der Waals surface area contributed by atoms with E-state index in [0.29, 0.717) is 27.2 Å². The first-order valence-electron chi connectivity index (χ1n) is 9.99. The van der Waals surface area contributed by atoms with Gasteiger partial charge >= 0.3 is 0 Å². The van der Waals surface area contributed by atoms with E-state index in [2.05, 4.69) is 0 Å². The van der Waals surface area contributed by atoms with Crippen LogP contribution in [0.4, 0.5) is 5.69 Å². The summed E-state index contributed by atoms with van der Waals surface area (Å²) in [5.41, 5.74) is 1.05. The predicted octanol–water partition coefficient (Wildman–Crippen LogP) is 6.88. The first kappa shape index (κ1) is 22.3. The number of carbonyl (C=O) groups is 2.